The van der Waals surface area contributed by atoms with Gasteiger partial charge in [-0.3, -0.25) is 0 Å². The number of rotatable bonds is 6. The fraction of sp³-hybridized carbons (Fsp3) is 0.400. The Balaban J connectivity index is 2.24. The molecule has 2 atom stereocenters. The molecule has 0 fully saturated rings. The molecule has 0 aliphatic rings. The molecule has 0 nitrogen and oxygen atoms in total. The van der Waals surface area contributed by atoms with Crippen LogP contribution in [0.3, 0.4) is 0 Å². The second-order valence-electron chi connectivity index (χ2n) is 6.48. The summed E-state index contributed by atoms with van der Waals surface area (Å²) in [6.07, 6.45) is 3.13. The van der Waals surface area contributed by atoms with Crippen LogP contribution in [0.4, 0.5) is 17.6 Å². The molecule has 0 aliphatic carbocycles. The predicted octanol–water partition coefficient (Wildman–Crippen LogP) is 6.84. The summed E-state index contributed by atoms with van der Waals surface area (Å²) in [5.74, 6) is -3.93. The van der Waals surface area contributed by atoms with Crippen LogP contribution in [-0.4, -0.2) is 0 Å². The van der Waals surface area contributed by atoms with Gasteiger partial charge in [-0.05, 0) is 47.6 Å². The van der Waals surface area contributed by atoms with E-state index < -0.39 is 23.3 Å². The highest BCUT2D eigenvalue weighted by Gasteiger charge is 2.16. The third-order valence-corrected chi connectivity index (χ3v) is 4.65. The number of benzene rings is 2. The topological polar surface area (TPSA) is 0 Å². The van der Waals surface area contributed by atoms with Gasteiger partial charge in [-0.25, -0.2) is 17.6 Å². The zero-order valence-electron chi connectivity index (χ0n) is 14.2. The van der Waals surface area contributed by atoms with Crippen LogP contribution in [0.5, 0.6) is 0 Å². The fourth-order valence-corrected chi connectivity index (χ4v) is 2.69. The van der Waals surface area contributed by atoms with Gasteiger partial charge in [-0.2, -0.15) is 0 Å². The minimum absolute atomic E-state index is 0.0114. The summed E-state index contributed by atoms with van der Waals surface area (Å²) in [6.45, 7) is 6.37. The van der Waals surface area contributed by atoms with Crippen LogP contribution in [0, 0.1) is 29.2 Å². The SMILES string of the molecule is CCC(C)CCC(C)c1ccc(-c2cc(F)c(F)c(F)c2)c(F)c1. The standard InChI is InChI=1S/C20H22F4/c1-4-12(2)5-6-13(3)14-7-8-16(17(21)9-14)15-10-18(22)20(24)19(23)11-15/h7-13H,4-6H2,1-3H3. The van der Waals surface area contributed by atoms with Crippen molar-refractivity contribution in [3.05, 3.63) is 59.2 Å². The van der Waals surface area contributed by atoms with Crippen molar-refractivity contribution in [2.75, 3.05) is 0 Å². The Kier molecular flexibility index (Phi) is 6.03. The van der Waals surface area contributed by atoms with E-state index in [1.165, 1.54) is 12.1 Å². The van der Waals surface area contributed by atoms with E-state index in [4.69, 9.17) is 0 Å². The minimum Gasteiger partial charge on any atom is -0.206 e. The van der Waals surface area contributed by atoms with Gasteiger partial charge >= 0.3 is 0 Å². The van der Waals surface area contributed by atoms with Gasteiger partial charge in [0, 0.05) is 5.56 Å². The predicted molar refractivity (Wildman–Crippen MR) is 88.8 cm³/mol. The third-order valence-electron chi connectivity index (χ3n) is 4.65. The number of hydrogen-bond donors (Lipinski definition) is 0. The highest BCUT2D eigenvalue weighted by Crippen LogP contribution is 2.30. The summed E-state index contributed by atoms with van der Waals surface area (Å²) < 4.78 is 54.1. The van der Waals surface area contributed by atoms with E-state index in [1.54, 1.807) is 6.07 Å². The smallest absolute Gasteiger partial charge is 0.194 e. The van der Waals surface area contributed by atoms with Crippen molar-refractivity contribution in [3.63, 3.8) is 0 Å². The van der Waals surface area contributed by atoms with Crippen molar-refractivity contribution in [2.24, 2.45) is 5.92 Å². The lowest BCUT2D eigenvalue weighted by molar-refractivity contribution is 0.447. The Labute approximate surface area is 140 Å². The Hall–Kier alpha value is -1.84. The number of halogens is 4. The Morgan fingerprint density at radius 3 is 2.00 bits per heavy atom. The lowest BCUT2D eigenvalue weighted by Crippen LogP contribution is -2.00. The van der Waals surface area contributed by atoms with E-state index in [1.807, 2.05) is 6.92 Å². The molecule has 2 aromatic carbocycles. The molecule has 0 bridgehead atoms. The normalized spacial score (nSPS) is 13.8. The molecule has 0 aliphatic heterocycles. The molecule has 0 radical (unpaired) electrons. The van der Waals surface area contributed by atoms with Crippen LogP contribution in [0.15, 0.2) is 30.3 Å². The molecule has 2 unspecified atom stereocenters. The molecule has 2 rings (SSSR count). The van der Waals surface area contributed by atoms with Crippen molar-refractivity contribution in [2.45, 2.75) is 46.0 Å². The van der Waals surface area contributed by atoms with Gasteiger partial charge in [0.1, 0.15) is 5.82 Å². The summed E-state index contributed by atoms with van der Waals surface area (Å²) in [4.78, 5) is 0. The van der Waals surface area contributed by atoms with E-state index in [0.717, 1.165) is 37.0 Å². The van der Waals surface area contributed by atoms with Crippen molar-refractivity contribution >= 4 is 0 Å². The van der Waals surface area contributed by atoms with Crippen molar-refractivity contribution in [3.8, 4) is 11.1 Å². The fourth-order valence-electron chi connectivity index (χ4n) is 2.69. The zero-order valence-corrected chi connectivity index (χ0v) is 14.2. The van der Waals surface area contributed by atoms with Crippen LogP contribution >= 0.6 is 0 Å². The summed E-state index contributed by atoms with van der Waals surface area (Å²) in [6, 6.07) is 6.27. The van der Waals surface area contributed by atoms with E-state index in [-0.39, 0.29) is 17.0 Å². The van der Waals surface area contributed by atoms with Crippen molar-refractivity contribution in [1.82, 2.24) is 0 Å². The maximum atomic E-state index is 14.4. The first-order valence-electron chi connectivity index (χ1n) is 8.27. The summed E-state index contributed by atoms with van der Waals surface area (Å²) in [5, 5.41) is 0. The number of hydrogen-bond acceptors (Lipinski definition) is 0. The molecule has 0 spiro atoms. The first-order valence-corrected chi connectivity index (χ1v) is 8.27. The molecule has 0 amide bonds. The molecule has 0 saturated carbocycles. The van der Waals surface area contributed by atoms with Gasteiger partial charge in [0.15, 0.2) is 17.5 Å². The maximum Gasteiger partial charge on any atom is 0.194 e. The van der Waals surface area contributed by atoms with Crippen LogP contribution < -0.4 is 0 Å². The Morgan fingerprint density at radius 1 is 0.833 bits per heavy atom. The molecule has 0 N–H and O–H groups in total. The largest absolute Gasteiger partial charge is 0.206 e. The second-order valence-corrected chi connectivity index (χ2v) is 6.48. The molecular formula is C20H22F4. The van der Waals surface area contributed by atoms with Crippen LogP contribution in [0.2, 0.25) is 0 Å². The third kappa shape index (κ3) is 4.16. The first-order chi connectivity index (χ1) is 11.3. The molecular weight excluding hydrogens is 316 g/mol. The minimum atomic E-state index is -1.55. The average molecular weight is 338 g/mol. The van der Waals surface area contributed by atoms with Crippen LogP contribution in [0.1, 0.15) is 51.5 Å². The van der Waals surface area contributed by atoms with Gasteiger partial charge in [0.25, 0.3) is 0 Å². The Bertz CT molecular complexity index is 686. The van der Waals surface area contributed by atoms with Gasteiger partial charge in [-0.1, -0.05) is 45.7 Å². The second kappa shape index (κ2) is 7.82. The van der Waals surface area contributed by atoms with Gasteiger partial charge < -0.3 is 0 Å². The lowest BCUT2D eigenvalue weighted by atomic mass is 9.90. The monoisotopic (exact) mass is 338 g/mol. The molecule has 0 aromatic heterocycles. The van der Waals surface area contributed by atoms with E-state index >= 15 is 0 Å². The summed E-state index contributed by atoms with van der Waals surface area (Å²) in [5.41, 5.74) is 0.899. The molecule has 4 heteroatoms. The molecule has 0 saturated heterocycles. The average Bonchev–Trinajstić information content (AvgIpc) is 2.56. The van der Waals surface area contributed by atoms with Crippen molar-refractivity contribution in [1.29, 1.82) is 0 Å². The quantitative estimate of drug-likeness (QED) is 0.399. The van der Waals surface area contributed by atoms with Gasteiger partial charge in [0.2, 0.25) is 0 Å². The molecule has 2 aromatic rings. The van der Waals surface area contributed by atoms with E-state index in [2.05, 4.69) is 13.8 Å². The zero-order chi connectivity index (χ0) is 17.9. The Morgan fingerprint density at radius 2 is 1.46 bits per heavy atom. The van der Waals surface area contributed by atoms with Crippen LogP contribution in [-0.2, 0) is 0 Å². The molecule has 0 heterocycles. The molecule has 24 heavy (non-hydrogen) atoms. The highest BCUT2D eigenvalue weighted by atomic mass is 19.2. The lowest BCUT2D eigenvalue weighted by Gasteiger charge is -2.16. The molecule has 130 valence electrons. The van der Waals surface area contributed by atoms with E-state index in [0.29, 0.717) is 5.92 Å². The van der Waals surface area contributed by atoms with Crippen LogP contribution in [0.25, 0.3) is 11.1 Å². The maximum absolute atomic E-state index is 14.4. The van der Waals surface area contributed by atoms with E-state index in [9.17, 15) is 17.6 Å². The summed E-state index contributed by atoms with van der Waals surface area (Å²) in [7, 11) is 0. The highest BCUT2D eigenvalue weighted by molar-refractivity contribution is 5.64. The van der Waals surface area contributed by atoms with Gasteiger partial charge in [-0.15, -0.1) is 0 Å². The first kappa shape index (κ1) is 18.5. The van der Waals surface area contributed by atoms with Gasteiger partial charge in [0.05, 0.1) is 0 Å². The van der Waals surface area contributed by atoms with Crippen molar-refractivity contribution < 1.29 is 17.6 Å². The summed E-state index contributed by atoms with van der Waals surface area (Å²) >= 11 is 0.